The van der Waals surface area contributed by atoms with E-state index in [-0.39, 0.29) is 6.04 Å². The Kier molecular flexibility index (Phi) is 6.13. The monoisotopic (exact) mass is 407 g/mol. The molecule has 0 unspecified atom stereocenters. The minimum absolute atomic E-state index is 0.0176. The number of halogens is 2. The summed E-state index contributed by atoms with van der Waals surface area (Å²) in [5, 5.41) is 7.29. The molecule has 0 radical (unpaired) electrons. The molecule has 1 N–H and O–H groups in total. The predicted octanol–water partition coefficient (Wildman–Crippen LogP) is 3.07. The molecule has 4 rings (SSSR count). The van der Waals surface area contributed by atoms with E-state index in [9.17, 15) is 8.78 Å². The van der Waals surface area contributed by atoms with Gasteiger partial charge in [-0.25, -0.2) is 13.5 Å². The molecule has 1 aromatic carbocycles. The average Bonchev–Trinajstić information content (AvgIpc) is 3.22. The van der Waals surface area contributed by atoms with Gasteiger partial charge in [0, 0.05) is 19.1 Å². The molecule has 3 atom stereocenters. The number of likely N-dealkylation sites (tertiary alicyclic amines) is 1. The third-order valence-corrected chi connectivity index (χ3v) is 5.83. The number of rotatable bonds is 7. The molecular weight excluding hydrogens is 380 g/mol. The Morgan fingerprint density at radius 2 is 2.03 bits per heavy atom. The van der Waals surface area contributed by atoms with Crippen molar-refractivity contribution in [3.05, 3.63) is 30.6 Å². The molecule has 0 saturated carbocycles. The molecule has 2 aliphatic heterocycles. The molecule has 29 heavy (non-hydrogen) atoms. The fraction of sp³-hybridized carbons (Fsp3) is 0.600. The zero-order chi connectivity index (χ0) is 20.2. The molecule has 7 nitrogen and oxygen atoms in total. The molecule has 0 aliphatic carbocycles. The highest BCUT2D eigenvalue weighted by molar-refractivity contribution is 5.31. The third kappa shape index (κ3) is 4.60. The second kappa shape index (κ2) is 8.94. The lowest BCUT2D eigenvalue weighted by molar-refractivity contribution is 0.0546. The first-order valence-corrected chi connectivity index (χ1v) is 10.1. The number of fused-ring (bicyclic) bond motifs is 1. The van der Waals surface area contributed by atoms with Crippen molar-refractivity contribution in [2.45, 2.75) is 37.8 Å². The van der Waals surface area contributed by atoms with E-state index in [2.05, 4.69) is 20.3 Å². The van der Waals surface area contributed by atoms with Crippen LogP contribution in [0.2, 0.25) is 0 Å². The summed E-state index contributed by atoms with van der Waals surface area (Å²) in [6.07, 6.45) is 1.34. The maximum atomic E-state index is 13.5. The largest absolute Gasteiger partial charge is 0.497 e. The number of nitrogens with zero attached hydrogens (tertiary/aromatic N) is 4. The summed E-state index contributed by atoms with van der Waals surface area (Å²) in [5.41, 5.74) is 0. The zero-order valence-electron chi connectivity index (χ0n) is 16.5. The topological polar surface area (TPSA) is 64.4 Å². The van der Waals surface area contributed by atoms with Gasteiger partial charge in [0.15, 0.2) is 0 Å². The molecule has 0 bridgehead atoms. The zero-order valence-corrected chi connectivity index (χ0v) is 16.5. The van der Waals surface area contributed by atoms with Crippen LogP contribution in [0.25, 0.3) is 0 Å². The Morgan fingerprint density at radius 3 is 2.79 bits per heavy atom. The van der Waals surface area contributed by atoms with Gasteiger partial charge in [0.05, 0.1) is 7.11 Å². The van der Waals surface area contributed by atoms with Gasteiger partial charge >= 0.3 is 0 Å². The van der Waals surface area contributed by atoms with Crippen LogP contribution in [0.3, 0.4) is 0 Å². The normalized spacial score (nSPS) is 24.8. The minimum atomic E-state index is -2.45. The van der Waals surface area contributed by atoms with Crippen molar-refractivity contribution in [3.8, 4) is 11.5 Å². The Morgan fingerprint density at radius 1 is 1.24 bits per heavy atom. The van der Waals surface area contributed by atoms with Crippen LogP contribution in [0.5, 0.6) is 11.5 Å². The van der Waals surface area contributed by atoms with Crippen LogP contribution < -0.4 is 14.8 Å². The third-order valence-electron chi connectivity index (χ3n) is 5.83. The van der Waals surface area contributed by atoms with Gasteiger partial charge in [-0.1, -0.05) is 0 Å². The number of alkyl halides is 2. The Balaban J connectivity index is 1.30. The SMILES string of the molecule is COc1ccc(OCCN2CCC[C@H]([C@@H]3C[C@H](C(F)F)n4ncnc4N3)C2)cc1. The van der Waals surface area contributed by atoms with Crippen molar-refractivity contribution >= 4 is 5.95 Å². The molecule has 1 aromatic heterocycles. The minimum Gasteiger partial charge on any atom is -0.497 e. The summed E-state index contributed by atoms with van der Waals surface area (Å²) in [6, 6.07) is 6.61. The van der Waals surface area contributed by atoms with E-state index >= 15 is 0 Å². The number of aromatic nitrogens is 3. The summed E-state index contributed by atoms with van der Waals surface area (Å²) in [7, 11) is 1.64. The molecule has 3 heterocycles. The summed E-state index contributed by atoms with van der Waals surface area (Å²) in [6.45, 7) is 3.27. The van der Waals surface area contributed by atoms with Gasteiger partial charge in [-0.05, 0) is 56.0 Å². The van der Waals surface area contributed by atoms with E-state index in [4.69, 9.17) is 9.47 Å². The quantitative estimate of drug-likeness (QED) is 0.761. The molecule has 158 valence electrons. The molecular formula is C20H27F2N5O2. The first-order chi connectivity index (χ1) is 14.1. The first-order valence-electron chi connectivity index (χ1n) is 10.1. The number of piperidine rings is 1. The van der Waals surface area contributed by atoms with Crippen LogP contribution >= 0.6 is 0 Å². The lowest BCUT2D eigenvalue weighted by atomic mass is 9.86. The highest BCUT2D eigenvalue weighted by Gasteiger charge is 2.38. The van der Waals surface area contributed by atoms with E-state index < -0.39 is 12.5 Å². The van der Waals surface area contributed by atoms with Gasteiger partial charge in [-0.15, -0.1) is 0 Å². The van der Waals surface area contributed by atoms with Gasteiger partial charge in [0.2, 0.25) is 5.95 Å². The Labute approximate surface area is 169 Å². The van der Waals surface area contributed by atoms with Crippen LogP contribution in [0.15, 0.2) is 30.6 Å². The van der Waals surface area contributed by atoms with E-state index in [1.807, 2.05) is 24.3 Å². The summed E-state index contributed by atoms with van der Waals surface area (Å²) < 4.78 is 39.4. The molecule has 0 spiro atoms. The highest BCUT2D eigenvalue weighted by atomic mass is 19.3. The number of hydrogen-bond acceptors (Lipinski definition) is 6. The van der Waals surface area contributed by atoms with Crippen LogP contribution in [-0.2, 0) is 0 Å². The standard InChI is InChI=1S/C20H27F2N5O2/c1-28-15-4-6-16(7-5-15)29-10-9-26-8-2-3-14(12-26)17-11-18(19(21)22)27-20(25-17)23-13-24-27/h4-7,13-14,17-19H,2-3,8-12H2,1H3,(H,23,24,25)/t14-,17-,18+/m0/s1. The van der Waals surface area contributed by atoms with Crippen molar-refractivity contribution in [1.29, 1.82) is 0 Å². The number of hydrogen-bond donors (Lipinski definition) is 1. The van der Waals surface area contributed by atoms with Crippen molar-refractivity contribution in [1.82, 2.24) is 19.7 Å². The number of benzene rings is 1. The molecule has 2 aromatic rings. The van der Waals surface area contributed by atoms with Gasteiger partial charge in [-0.2, -0.15) is 10.1 Å². The van der Waals surface area contributed by atoms with E-state index in [0.717, 1.165) is 44.0 Å². The predicted molar refractivity (Wildman–Crippen MR) is 105 cm³/mol. The van der Waals surface area contributed by atoms with Crippen LogP contribution in [0.1, 0.15) is 25.3 Å². The van der Waals surface area contributed by atoms with Crippen molar-refractivity contribution in [3.63, 3.8) is 0 Å². The van der Waals surface area contributed by atoms with Crippen LogP contribution in [0.4, 0.5) is 14.7 Å². The summed E-state index contributed by atoms with van der Waals surface area (Å²) in [4.78, 5) is 6.47. The molecule has 1 saturated heterocycles. The van der Waals surface area contributed by atoms with Crippen molar-refractivity contribution < 1.29 is 18.3 Å². The summed E-state index contributed by atoms with van der Waals surface area (Å²) >= 11 is 0. The van der Waals surface area contributed by atoms with Gasteiger partial charge < -0.3 is 14.8 Å². The maximum absolute atomic E-state index is 13.5. The second-order valence-electron chi connectivity index (χ2n) is 7.64. The smallest absolute Gasteiger partial charge is 0.260 e. The van der Waals surface area contributed by atoms with E-state index in [1.54, 1.807) is 7.11 Å². The number of ether oxygens (including phenoxy) is 2. The number of methoxy groups -OCH3 is 1. The number of anilines is 1. The van der Waals surface area contributed by atoms with Crippen molar-refractivity contribution in [2.24, 2.45) is 5.92 Å². The van der Waals surface area contributed by atoms with Gasteiger partial charge in [0.1, 0.15) is 30.5 Å². The fourth-order valence-electron chi connectivity index (χ4n) is 4.29. The Hall–Kier alpha value is -2.42. The average molecular weight is 407 g/mol. The van der Waals surface area contributed by atoms with Crippen LogP contribution in [0, 0.1) is 5.92 Å². The van der Waals surface area contributed by atoms with E-state index in [0.29, 0.717) is 24.9 Å². The summed E-state index contributed by atoms with van der Waals surface area (Å²) in [5.74, 6) is 2.37. The molecule has 1 fully saturated rings. The fourth-order valence-corrected chi connectivity index (χ4v) is 4.29. The highest BCUT2D eigenvalue weighted by Crippen LogP contribution is 2.34. The van der Waals surface area contributed by atoms with Crippen LogP contribution in [-0.4, -0.2) is 65.5 Å². The van der Waals surface area contributed by atoms with Gasteiger partial charge in [-0.3, -0.25) is 4.90 Å². The van der Waals surface area contributed by atoms with E-state index in [1.165, 1.54) is 11.0 Å². The molecule has 0 amide bonds. The lowest BCUT2D eigenvalue weighted by Crippen LogP contribution is -2.47. The second-order valence-corrected chi connectivity index (χ2v) is 7.64. The first kappa shape index (κ1) is 19.9. The molecule has 9 heteroatoms. The maximum Gasteiger partial charge on any atom is 0.260 e. The van der Waals surface area contributed by atoms with Gasteiger partial charge in [0.25, 0.3) is 6.43 Å². The lowest BCUT2D eigenvalue weighted by Gasteiger charge is -2.40. The number of nitrogens with one attached hydrogen (secondary N) is 1. The Bertz CT molecular complexity index is 785. The molecule has 2 aliphatic rings. The van der Waals surface area contributed by atoms with Crippen molar-refractivity contribution in [2.75, 3.05) is 38.7 Å².